The Morgan fingerprint density at radius 2 is 1.97 bits per heavy atom. The highest BCUT2D eigenvalue weighted by molar-refractivity contribution is 6.05. The van der Waals surface area contributed by atoms with E-state index in [0.29, 0.717) is 17.7 Å². The largest absolute Gasteiger partial charge is 0.333 e. The van der Waals surface area contributed by atoms with E-state index in [4.69, 9.17) is 4.84 Å². The van der Waals surface area contributed by atoms with Gasteiger partial charge in [-0.25, -0.2) is 18.7 Å². The van der Waals surface area contributed by atoms with Crippen molar-refractivity contribution >= 4 is 17.4 Å². The fourth-order valence-electron chi connectivity index (χ4n) is 2.41. The topological polar surface area (TPSA) is 89.4 Å². The third-order valence-corrected chi connectivity index (χ3v) is 4.04. The molecule has 0 saturated carbocycles. The van der Waals surface area contributed by atoms with Crippen LogP contribution in [0.4, 0.5) is 14.6 Å². The van der Waals surface area contributed by atoms with Crippen molar-refractivity contribution in [2.24, 2.45) is 5.16 Å². The number of amides is 1. The Bertz CT molecular complexity index is 1050. The predicted octanol–water partition coefficient (Wildman–Crippen LogP) is 3.90. The highest BCUT2D eigenvalue weighted by atomic mass is 19.1. The number of rotatable bonds is 6. The van der Waals surface area contributed by atoms with Crippen molar-refractivity contribution in [3.63, 3.8) is 0 Å². The van der Waals surface area contributed by atoms with Gasteiger partial charge in [0.15, 0.2) is 5.82 Å². The van der Waals surface area contributed by atoms with Gasteiger partial charge in [-0.2, -0.15) is 0 Å². The van der Waals surface area contributed by atoms with Crippen molar-refractivity contribution in [1.82, 2.24) is 15.0 Å². The molecule has 3 aromatic heterocycles. The molecule has 0 fully saturated rings. The standard InChI is InChI=1S/C20H17F2N5O2/c1-3-17(27-29-20-15(21)5-4-8-24-20)13-6-7-18(25-9-13)26-19(28)14-10-23-11-16(22)12(14)2/h4-11H,3H2,1-2H3,(H,25,26,28)/b27-17+. The van der Waals surface area contributed by atoms with E-state index in [0.717, 1.165) is 6.20 Å². The van der Waals surface area contributed by atoms with Gasteiger partial charge in [0.25, 0.3) is 11.8 Å². The van der Waals surface area contributed by atoms with Crippen LogP contribution in [0.2, 0.25) is 0 Å². The first kappa shape index (κ1) is 20.0. The Kier molecular flexibility index (Phi) is 6.18. The van der Waals surface area contributed by atoms with Gasteiger partial charge in [0.05, 0.1) is 17.5 Å². The third kappa shape index (κ3) is 4.75. The molecule has 0 aliphatic rings. The second-order valence-electron chi connectivity index (χ2n) is 5.95. The average molecular weight is 397 g/mol. The first-order valence-electron chi connectivity index (χ1n) is 8.72. The molecule has 3 aromatic rings. The number of nitrogens with zero attached hydrogens (tertiary/aromatic N) is 4. The number of nitrogens with one attached hydrogen (secondary N) is 1. The molecule has 29 heavy (non-hydrogen) atoms. The van der Waals surface area contributed by atoms with E-state index >= 15 is 0 Å². The van der Waals surface area contributed by atoms with Gasteiger partial charge in [-0.15, -0.1) is 0 Å². The van der Waals surface area contributed by atoms with E-state index in [2.05, 4.69) is 25.4 Å². The van der Waals surface area contributed by atoms with Crippen molar-refractivity contribution < 1.29 is 18.4 Å². The maximum absolute atomic E-state index is 13.6. The zero-order valence-corrected chi connectivity index (χ0v) is 15.7. The fourth-order valence-corrected chi connectivity index (χ4v) is 2.41. The number of carbonyl (C=O) groups excluding carboxylic acids is 1. The van der Waals surface area contributed by atoms with Crippen LogP contribution in [-0.4, -0.2) is 26.6 Å². The molecule has 0 spiro atoms. The summed E-state index contributed by atoms with van der Waals surface area (Å²) in [5.41, 5.74) is 1.47. The summed E-state index contributed by atoms with van der Waals surface area (Å²) in [7, 11) is 0. The summed E-state index contributed by atoms with van der Waals surface area (Å²) in [6, 6.07) is 5.92. The minimum absolute atomic E-state index is 0.123. The molecule has 148 valence electrons. The first-order valence-corrected chi connectivity index (χ1v) is 8.72. The van der Waals surface area contributed by atoms with Crippen LogP contribution in [-0.2, 0) is 0 Å². The van der Waals surface area contributed by atoms with Gasteiger partial charge in [-0.05, 0) is 37.6 Å². The smallest absolute Gasteiger partial charge is 0.284 e. The van der Waals surface area contributed by atoms with E-state index in [9.17, 15) is 13.6 Å². The zero-order valence-electron chi connectivity index (χ0n) is 15.7. The van der Waals surface area contributed by atoms with Crippen molar-refractivity contribution in [2.75, 3.05) is 5.32 Å². The number of hydrogen-bond donors (Lipinski definition) is 1. The molecule has 0 aromatic carbocycles. The van der Waals surface area contributed by atoms with Gasteiger partial charge in [0.2, 0.25) is 0 Å². The van der Waals surface area contributed by atoms with Gasteiger partial charge >= 0.3 is 0 Å². The molecule has 9 heteroatoms. The Morgan fingerprint density at radius 1 is 1.14 bits per heavy atom. The first-order chi connectivity index (χ1) is 14.0. The molecule has 0 unspecified atom stereocenters. The molecule has 0 aliphatic heterocycles. The van der Waals surface area contributed by atoms with Crippen molar-refractivity contribution in [3.8, 4) is 5.88 Å². The van der Waals surface area contributed by atoms with E-state index in [1.165, 1.54) is 37.6 Å². The number of anilines is 1. The van der Waals surface area contributed by atoms with Crippen LogP contribution in [0.15, 0.2) is 54.2 Å². The molecular formula is C20H17F2N5O2. The molecule has 0 saturated heterocycles. The normalized spacial score (nSPS) is 11.2. The number of halogens is 2. The summed E-state index contributed by atoms with van der Waals surface area (Å²) in [5, 5.41) is 6.53. The summed E-state index contributed by atoms with van der Waals surface area (Å²) in [4.78, 5) is 29.0. The Balaban J connectivity index is 1.73. The number of pyridine rings is 3. The van der Waals surface area contributed by atoms with Crippen LogP contribution < -0.4 is 10.2 Å². The van der Waals surface area contributed by atoms with Crippen LogP contribution in [0.25, 0.3) is 0 Å². The van der Waals surface area contributed by atoms with Gasteiger partial charge in [-0.1, -0.05) is 12.1 Å². The molecule has 1 amide bonds. The molecule has 7 nitrogen and oxygen atoms in total. The van der Waals surface area contributed by atoms with Crippen LogP contribution in [0.1, 0.15) is 34.8 Å². The molecule has 3 heterocycles. The van der Waals surface area contributed by atoms with Gasteiger partial charge in [0, 0.05) is 29.7 Å². The monoisotopic (exact) mass is 397 g/mol. The summed E-state index contributed by atoms with van der Waals surface area (Å²) in [5.74, 6) is -1.66. The minimum Gasteiger partial charge on any atom is -0.333 e. The van der Waals surface area contributed by atoms with E-state index in [1.807, 2.05) is 6.92 Å². The summed E-state index contributed by atoms with van der Waals surface area (Å²) in [6.45, 7) is 3.35. The van der Waals surface area contributed by atoms with E-state index < -0.39 is 17.5 Å². The van der Waals surface area contributed by atoms with Crippen molar-refractivity contribution in [2.45, 2.75) is 20.3 Å². The zero-order chi connectivity index (χ0) is 20.8. The van der Waals surface area contributed by atoms with Crippen molar-refractivity contribution in [1.29, 1.82) is 0 Å². The third-order valence-electron chi connectivity index (χ3n) is 4.04. The lowest BCUT2D eigenvalue weighted by Gasteiger charge is -2.08. The Hall–Kier alpha value is -3.75. The molecule has 0 atom stereocenters. The average Bonchev–Trinajstić information content (AvgIpc) is 2.72. The van der Waals surface area contributed by atoms with Crippen molar-refractivity contribution in [3.05, 3.63) is 77.4 Å². The second kappa shape index (κ2) is 8.96. The Labute approximate surface area is 165 Å². The second-order valence-corrected chi connectivity index (χ2v) is 5.95. The van der Waals surface area contributed by atoms with Crippen LogP contribution in [0.5, 0.6) is 5.88 Å². The highest BCUT2D eigenvalue weighted by Gasteiger charge is 2.14. The highest BCUT2D eigenvalue weighted by Crippen LogP contribution is 2.15. The van der Waals surface area contributed by atoms with E-state index in [-0.39, 0.29) is 22.8 Å². The van der Waals surface area contributed by atoms with E-state index in [1.54, 1.807) is 12.1 Å². The predicted molar refractivity (Wildman–Crippen MR) is 103 cm³/mol. The summed E-state index contributed by atoms with van der Waals surface area (Å²) in [6.07, 6.45) is 5.72. The minimum atomic E-state index is -0.620. The van der Waals surface area contributed by atoms with Crippen LogP contribution in [0.3, 0.4) is 0 Å². The van der Waals surface area contributed by atoms with Gasteiger partial charge < -0.3 is 10.2 Å². The fraction of sp³-hybridized carbons (Fsp3) is 0.150. The number of oxime groups is 1. The SMILES string of the molecule is CC/C(=N\Oc1ncccc1F)c1ccc(NC(=O)c2cncc(F)c2C)nc1. The molecular weight excluding hydrogens is 380 g/mol. The summed E-state index contributed by atoms with van der Waals surface area (Å²) < 4.78 is 27.1. The lowest BCUT2D eigenvalue weighted by molar-refractivity contribution is 0.102. The number of aromatic nitrogens is 3. The number of carbonyl (C=O) groups is 1. The lowest BCUT2D eigenvalue weighted by atomic mass is 10.1. The molecule has 0 radical (unpaired) electrons. The van der Waals surface area contributed by atoms with Crippen LogP contribution >= 0.6 is 0 Å². The molecule has 1 N–H and O–H groups in total. The molecule has 0 bridgehead atoms. The Morgan fingerprint density at radius 3 is 2.66 bits per heavy atom. The molecule has 3 rings (SSSR count). The van der Waals surface area contributed by atoms with Gasteiger partial charge in [-0.3, -0.25) is 9.78 Å². The lowest BCUT2D eigenvalue weighted by Crippen LogP contribution is -2.15. The maximum atomic E-state index is 13.6. The quantitative estimate of drug-likeness (QED) is 0.503. The van der Waals surface area contributed by atoms with Crippen LogP contribution in [0, 0.1) is 18.6 Å². The summed E-state index contributed by atoms with van der Waals surface area (Å²) >= 11 is 0. The molecule has 0 aliphatic carbocycles. The van der Waals surface area contributed by atoms with Gasteiger partial charge in [0.1, 0.15) is 11.6 Å². The number of hydrogen-bond acceptors (Lipinski definition) is 6. The maximum Gasteiger partial charge on any atom is 0.284 e.